The summed E-state index contributed by atoms with van der Waals surface area (Å²) in [5.41, 5.74) is 10.5. The van der Waals surface area contributed by atoms with Crippen LogP contribution in [-0.2, 0) is 4.79 Å². The average molecular weight is 479 g/mol. The molecular formula is C28H26N6O2. The van der Waals surface area contributed by atoms with Crippen molar-refractivity contribution in [1.29, 1.82) is 0 Å². The molecule has 0 unspecified atom stereocenters. The molecule has 8 heteroatoms. The molecule has 4 aromatic rings. The maximum absolute atomic E-state index is 13.0. The van der Waals surface area contributed by atoms with E-state index < -0.39 is 5.91 Å². The number of carbonyl (C=O) groups is 2. The van der Waals surface area contributed by atoms with Gasteiger partial charge in [-0.25, -0.2) is 4.68 Å². The van der Waals surface area contributed by atoms with E-state index in [9.17, 15) is 9.59 Å². The van der Waals surface area contributed by atoms with Gasteiger partial charge in [0.1, 0.15) is 5.69 Å². The van der Waals surface area contributed by atoms with Crippen LogP contribution in [0.25, 0.3) is 23.0 Å². The number of hydrogen-bond acceptors (Lipinski definition) is 5. The van der Waals surface area contributed by atoms with Crippen LogP contribution in [0.5, 0.6) is 0 Å². The number of nitrogens with zero attached hydrogens (tertiary/aromatic N) is 4. The van der Waals surface area contributed by atoms with Gasteiger partial charge in [0.15, 0.2) is 0 Å². The lowest BCUT2D eigenvalue weighted by Crippen LogP contribution is -2.21. The van der Waals surface area contributed by atoms with Crippen LogP contribution in [0.2, 0.25) is 0 Å². The third-order valence-electron chi connectivity index (χ3n) is 6.10. The quantitative estimate of drug-likeness (QED) is 0.386. The van der Waals surface area contributed by atoms with Crippen molar-refractivity contribution in [3.05, 3.63) is 96.5 Å². The van der Waals surface area contributed by atoms with Crippen molar-refractivity contribution in [3.63, 3.8) is 0 Å². The topological polar surface area (TPSA) is 106 Å². The number of primary amides is 1. The van der Waals surface area contributed by atoms with Crippen molar-refractivity contribution >= 4 is 29.3 Å². The summed E-state index contributed by atoms with van der Waals surface area (Å²) in [5, 5.41) is 7.68. The van der Waals surface area contributed by atoms with E-state index in [2.05, 4.69) is 15.2 Å². The monoisotopic (exact) mass is 478 g/mol. The number of para-hydroxylation sites is 1. The van der Waals surface area contributed by atoms with Crippen LogP contribution in [-0.4, -0.2) is 39.7 Å². The highest BCUT2D eigenvalue weighted by atomic mass is 16.1. The zero-order chi connectivity index (χ0) is 24.9. The molecule has 36 heavy (non-hydrogen) atoms. The first-order chi connectivity index (χ1) is 17.6. The Hall–Kier alpha value is -4.72. The van der Waals surface area contributed by atoms with Gasteiger partial charge in [-0.15, -0.1) is 0 Å². The first-order valence-electron chi connectivity index (χ1n) is 11.8. The number of carbonyl (C=O) groups excluding carboxylic acids is 2. The summed E-state index contributed by atoms with van der Waals surface area (Å²) < 4.78 is 1.78. The van der Waals surface area contributed by atoms with Crippen LogP contribution in [0.3, 0.4) is 0 Å². The fourth-order valence-corrected chi connectivity index (χ4v) is 4.31. The van der Waals surface area contributed by atoms with Crippen molar-refractivity contribution < 1.29 is 9.59 Å². The minimum Gasteiger partial charge on any atom is -0.370 e. The van der Waals surface area contributed by atoms with Gasteiger partial charge in [-0.1, -0.05) is 18.2 Å². The van der Waals surface area contributed by atoms with E-state index in [1.165, 1.54) is 6.08 Å². The van der Waals surface area contributed by atoms with E-state index in [-0.39, 0.29) is 5.91 Å². The Balaban J connectivity index is 1.44. The molecule has 180 valence electrons. The second-order valence-corrected chi connectivity index (χ2v) is 8.57. The Kier molecular flexibility index (Phi) is 6.57. The van der Waals surface area contributed by atoms with Crippen molar-refractivity contribution in [2.75, 3.05) is 23.3 Å². The van der Waals surface area contributed by atoms with Gasteiger partial charge in [-0.3, -0.25) is 14.6 Å². The second kappa shape index (κ2) is 10.3. The van der Waals surface area contributed by atoms with Gasteiger partial charge in [0.25, 0.3) is 0 Å². The molecule has 8 nitrogen and oxygen atoms in total. The summed E-state index contributed by atoms with van der Waals surface area (Å²) in [4.78, 5) is 31.1. The molecule has 0 aliphatic carbocycles. The number of aromatic nitrogens is 3. The van der Waals surface area contributed by atoms with Gasteiger partial charge in [0, 0.05) is 54.4 Å². The van der Waals surface area contributed by atoms with E-state index in [0.29, 0.717) is 16.9 Å². The standard InChI is InChI=1S/C28H26N6O2/c29-28(36)20-10-12-25(33-15-4-5-16-33)24(17-20)31-26(35)13-11-22-19-34(23-8-2-1-3-9-23)32-27(22)21-7-6-14-30-18-21/h1-3,6-14,17-19H,4-5,15-16H2,(H2,29,36)(H,31,35)/b13-11+. The summed E-state index contributed by atoms with van der Waals surface area (Å²) >= 11 is 0. The number of pyridine rings is 1. The third-order valence-corrected chi connectivity index (χ3v) is 6.10. The Labute approximate surface area is 209 Å². The fourth-order valence-electron chi connectivity index (χ4n) is 4.31. The van der Waals surface area contributed by atoms with Crippen LogP contribution in [0.15, 0.2) is 85.3 Å². The number of benzene rings is 2. The van der Waals surface area contributed by atoms with E-state index in [0.717, 1.165) is 48.4 Å². The lowest BCUT2D eigenvalue weighted by Gasteiger charge is -2.21. The minimum atomic E-state index is -0.538. The van der Waals surface area contributed by atoms with Gasteiger partial charge < -0.3 is 16.0 Å². The van der Waals surface area contributed by atoms with Crippen LogP contribution >= 0.6 is 0 Å². The molecule has 0 bridgehead atoms. The zero-order valence-corrected chi connectivity index (χ0v) is 19.7. The second-order valence-electron chi connectivity index (χ2n) is 8.57. The van der Waals surface area contributed by atoms with Gasteiger partial charge in [-0.2, -0.15) is 5.10 Å². The fraction of sp³-hybridized carbons (Fsp3) is 0.143. The first kappa shape index (κ1) is 23.0. The molecule has 1 saturated heterocycles. The third kappa shape index (κ3) is 5.02. The minimum absolute atomic E-state index is 0.318. The molecule has 2 amide bonds. The maximum Gasteiger partial charge on any atom is 0.248 e. The Morgan fingerprint density at radius 3 is 2.53 bits per heavy atom. The molecule has 2 aromatic carbocycles. The summed E-state index contributed by atoms with van der Waals surface area (Å²) in [6.45, 7) is 1.81. The van der Waals surface area contributed by atoms with Crippen molar-refractivity contribution in [3.8, 4) is 16.9 Å². The molecule has 0 atom stereocenters. The van der Waals surface area contributed by atoms with Gasteiger partial charge in [0.2, 0.25) is 11.8 Å². The number of nitrogens with one attached hydrogen (secondary N) is 1. The lowest BCUT2D eigenvalue weighted by atomic mass is 10.1. The molecule has 2 aromatic heterocycles. The van der Waals surface area contributed by atoms with Gasteiger partial charge >= 0.3 is 0 Å². The molecule has 0 spiro atoms. The molecule has 1 fully saturated rings. The average Bonchev–Trinajstić information content (AvgIpc) is 3.59. The Bertz CT molecular complexity index is 1410. The number of rotatable bonds is 7. The molecule has 0 saturated carbocycles. The molecule has 3 N–H and O–H groups in total. The smallest absolute Gasteiger partial charge is 0.248 e. The predicted octanol–water partition coefficient (Wildman–Crippen LogP) is 4.29. The highest BCUT2D eigenvalue weighted by Gasteiger charge is 2.18. The van der Waals surface area contributed by atoms with E-state index >= 15 is 0 Å². The van der Waals surface area contributed by atoms with Crippen LogP contribution in [0.1, 0.15) is 28.8 Å². The van der Waals surface area contributed by atoms with Gasteiger partial charge in [0.05, 0.1) is 17.1 Å². The van der Waals surface area contributed by atoms with Crippen molar-refractivity contribution in [1.82, 2.24) is 14.8 Å². The number of amides is 2. The largest absolute Gasteiger partial charge is 0.370 e. The highest BCUT2D eigenvalue weighted by molar-refractivity contribution is 6.05. The van der Waals surface area contributed by atoms with E-state index in [4.69, 9.17) is 10.8 Å². The van der Waals surface area contributed by atoms with E-state index in [1.54, 1.807) is 35.3 Å². The predicted molar refractivity (Wildman–Crippen MR) is 141 cm³/mol. The molecule has 0 radical (unpaired) electrons. The molecule has 1 aliphatic heterocycles. The van der Waals surface area contributed by atoms with Crippen LogP contribution < -0.4 is 16.0 Å². The zero-order valence-electron chi connectivity index (χ0n) is 19.7. The highest BCUT2D eigenvalue weighted by Crippen LogP contribution is 2.30. The maximum atomic E-state index is 13.0. The Morgan fingerprint density at radius 1 is 1.00 bits per heavy atom. The molecular weight excluding hydrogens is 452 g/mol. The molecule has 3 heterocycles. The normalized spacial score (nSPS) is 13.3. The van der Waals surface area contributed by atoms with Crippen LogP contribution in [0.4, 0.5) is 11.4 Å². The lowest BCUT2D eigenvalue weighted by molar-refractivity contribution is -0.111. The number of nitrogens with two attached hydrogens (primary N) is 1. The summed E-state index contributed by atoms with van der Waals surface area (Å²) in [6, 6.07) is 18.7. The van der Waals surface area contributed by atoms with Crippen molar-refractivity contribution in [2.45, 2.75) is 12.8 Å². The van der Waals surface area contributed by atoms with Gasteiger partial charge in [-0.05, 0) is 61.4 Å². The molecule has 5 rings (SSSR count). The SMILES string of the molecule is NC(=O)c1ccc(N2CCCC2)c(NC(=O)/C=C/c2cn(-c3ccccc3)nc2-c2cccnc2)c1. The number of anilines is 2. The first-order valence-corrected chi connectivity index (χ1v) is 11.8. The molecule has 1 aliphatic rings. The van der Waals surface area contributed by atoms with Crippen LogP contribution in [0, 0.1) is 0 Å². The number of hydrogen-bond donors (Lipinski definition) is 2. The summed E-state index contributed by atoms with van der Waals surface area (Å²) in [5.74, 6) is -0.856. The summed E-state index contributed by atoms with van der Waals surface area (Å²) in [7, 11) is 0. The summed E-state index contributed by atoms with van der Waals surface area (Å²) in [6.07, 6.45) is 10.7. The van der Waals surface area contributed by atoms with E-state index in [1.807, 2.05) is 54.7 Å². The van der Waals surface area contributed by atoms with Crippen molar-refractivity contribution in [2.24, 2.45) is 5.73 Å². The Morgan fingerprint density at radius 2 is 1.81 bits per heavy atom.